The standard InChI is InChI=1S/C10H11N3O3/c1-5-9(6(2)16-12-5)7-4-8(10(14)15)13(3)11-7/h4H,1-3H3,(H,14,15). The molecule has 0 aliphatic heterocycles. The predicted octanol–water partition coefficient (Wildman–Crippen LogP) is 1.39. The lowest BCUT2D eigenvalue weighted by Gasteiger charge is -1.92. The van der Waals surface area contributed by atoms with E-state index < -0.39 is 5.97 Å². The van der Waals surface area contributed by atoms with Gasteiger partial charge in [0.05, 0.1) is 17.0 Å². The molecule has 0 saturated heterocycles. The van der Waals surface area contributed by atoms with Crippen molar-refractivity contribution in [2.24, 2.45) is 7.05 Å². The first kappa shape index (κ1) is 10.4. The molecular formula is C10H11N3O3. The van der Waals surface area contributed by atoms with Gasteiger partial charge in [0.1, 0.15) is 11.5 Å². The molecule has 2 heterocycles. The third-order valence-electron chi connectivity index (χ3n) is 2.39. The van der Waals surface area contributed by atoms with Crippen LogP contribution in [-0.2, 0) is 7.05 Å². The van der Waals surface area contributed by atoms with Gasteiger partial charge in [-0.25, -0.2) is 4.79 Å². The van der Waals surface area contributed by atoms with Crippen molar-refractivity contribution in [3.63, 3.8) is 0 Å². The van der Waals surface area contributed by atoms with Gasteiger partial charge in [0.2, 0.25) is 0 Å². The highest BCUT2D eigenvalue weighted by Gasteiger charge is 2.18. The monoisotopic (exact) mass is 221 g/mol. The molecule has 0 amide bonds. The van der Waals surface area contributed by atoms with Gasteiger partial charge in [-0.2, -0.15) is 5.10 Å². The Morgan fingerprint density at radius 2 is 2.19 bits per heavy atom. The van der Waals surface area contributed by atoms with Gasteiger partial charge in [0, 0.05) is 7.05 Å². The molecule has 0 atom stereocenters. The lowest BCUT2D eigenvalue weighted by atomic mass is 10.1. The van der Waals surface area contributed by atoms with E-state index in [-0.39, 0.29) is 5.69 Å². The molecule has 6 heteroatoms. The van der Waals surface area contributed by atoms with Crippen molar-refractivity contribution in [2.75, 3.05) is 0 Å². The van der Waals surface area contributed by atoms with Crippen LogP contribution in [0.3, 0.4) is 0 Å². The Morgan fingerprint density at radius 1 is 1.50 bits per heavy atom. The molecule has 0 saturated carbocycles. The molecule has 0 radical (unpaired) electrons. The van der Waals surface area contributed by atoms with Crippen molar-refractivity contribution in [3.05, 3.63) is 23.2 Å². The van der Waals surface area contributed by atoms with Crippen LogP contribution in [0.25, 0.3) is 11.3 Å². The van der Waals surface area contributed by atoms with Crippen LogP contribution in [0.4, 0.5) is 0 Å². The smallest absolute Gasteiger partial charge is 0.354 e. The Bertz CT molecular complexity index is 534. The SMILES string of the molecule is Cc1noc(C)c1-c1cc(C(=O)O)n(C)n1. The Balaban J connectivity index is 2.58. The maximum Gasteiger partial charge on any atom is 0.354 e. The number of hydrogen-bond acceptors (Lipinski definition) is 4. The summed E-state index contributed by atoms with van der Waals surface area (Å²) >= 11 is 0. The van der Waals surface area contributed by atoms with Crippen LogP contribution in [0.1, 0.15) is 21.9 Å². The number of carbonyl (C=O) groups is 1. The molecule has 0 fully saturated rings. The summed E-state index contributed by atoms with van der Waals surface area (Å²) in [6.07, 6.45) is 0. The highest BCUT2D eigenvalue weighted by atomic mass is 16.5. The zero-order chi connectivity index (χ0) is 11.9. The normalized spacial score (nSPS) is 10.7. The number of carboxylic acids is 1. The first-order chi connectivity index (χ1) is 7.50. The Morgan fingerprint density at radius 3 is 2.62 bits per heavy atom. The summed E-state index contributed by atoms with van der Waals surface area (Å²) in [5.41, 5.74) is 2.15. The van der Waals surface area contributed by atoms with Crippen molar-refractivity contribution < 1.29 is 14.4 Å². The quantitative estimate of drug-likeness (QED) is 0.828. The molecule has 16 heavy (non-hydrogen) atoms. The third-order valence-corrected chi connectivity index (χ3v) is 2.39. The largest absolute Gasteiger partial charge is 0.477 e. The summed E-state index contributed by atoms with van der Waals surface area (Å²) in [5, 5.41) is 16.9. The molecule has 0 aliphatic carbocycles. The highest BCUT2D eigenvalue weighted by Crippen LogP contribution is 2.25. The van der Waals surface area contributed by atoms with Gasteiger partial charge in [-0.3, -0.25) is 4.68 Å². The first-order valence-electron chi connectivity index (χ1n) is 4.71. The van der Waals surface area contributed by atoms with Crippen molar-refractivity contribution in [1.82, 2.24) is 14.9 Å². The highest BCUT2D eigenvalue weighted by molar-refractivity contribution is 5.87. The molecule has 0 bridgehead atoms. The topological polar surface area (TPSA) is 81.1 Å². The van der Waals surface area contributed by atoms with E-state index in [1.54, 1.807) is 20.9 Å². The zero-order valence-corrected chi connectivity index (χ0v) is 9.18. The number of aromatic carboxylic acids is 1. The third kappa shape index (κ3) is 1.48. The van der Waals surface area contributed by atoms with Crippen LogP contribution >= 0.6 is 0 Å². The van der Waals surface area contributed by atoms with Crippen LogP contribution in [0.2, 0.25) is 0 Å². The van der Waals surface area contributed by atoms with Gasteiger partial charge in [-0.05, 0) is 19.9 Å². The van der Waals surface area contributed by atoms with Gasteiger partial charge in [-0.1, -0.05) is 5.16 Å². The van der Waals surface area contributed by atoms with Crippen molar-refractivity contribution in [1.29, 1.82) is 0 Å². The molecule has 1 N–H and O–H groups in total. The predicted molar refractivity (Wildman–Crippen MR) is 55.1 cm³/mol. The van der Waals surface area contributed by atoms with Crippen molar-refractivity contribution >= 4 is 5.97 Å². The van der Waals surface area contributed by atoms with Crippen LogP contribution in [-0.4, -0.2) is 26.0 Å². The number of hydrogen-bond donors (Lipinski definition) is 1. The summed E-state index contributed by atoms with van der Waals surface area (Å²) in [5.74, 6) is -0.374. The average Bonchev–Trinajstić information content (AvgIpc) is 2.70. The molecule has 6 nitrogen and oxygen atoms in total. The molecule has 84 valence electrons. The van der Waals surface area contributed by atoms with Crippen LogP contribution in [0, 0.1) is 13.8 Å². The maximum atomic E-state index is 10.9. The molecule has 0 aromatic carbocycles. The number of aromatic nitrogens is 3. The van der Waals surface area contributed by atoms with E-state index in [9.17, 15) is 4.79 Å². The van der Waals surface area contributed by atoms with E-state index in [2.05, 4.69) is 10.3 Å². The minimum absolute atomic E-state index is 0.134. The summed E-state index contributed by atoms with van der Waals surface area (Å²) < 4.78 is 6.34. The van der Waals surface area contributed by atoms with Crippen molar-refractivity contribution in [2.45, 2.75) is 13.8 Å². The maximum absolute atomic E-state index is 10.9. The fourth-order valence-electron chi connectivity index (χ4n) is 1.64. The second-order valence-corrected chi connectivity index (χ2v) is 3.54. The second kappa shape index (κ2) is 3.48. The lowest BCUT2D eigenvalue weighted by Crippen LogP contribution is -2.04. The molecule has 0 spiro atoms. The fourth-order valence-corrected chi connectivity index (χ4v) is 1.64. The average molecular weight is 221 g/mol. The molecule has 2 aromatic rings. The molecule has 2 aromatic heterocycles. The Hall–Kier alpha value is -2.11. The Kier molecular flexibility index (Phi) is 2.26. The number of nitrogens with zero attached hydrogens (tertiary/aromatic N) is 3. The van der Waals surface area contributed by atoms with E-state index in [0.29, 0.717) is 17.1 Å². The first-order valence-corrected chi connectivity index (χ1v) is 4.71. The van der Waals surface area contributed by atoms with Crippen LogP contribution < -0.4 is 0 Å². The molecular weight excluding hydrogens is 210 g/mol. The van der Waals surface area contributed by atoms with E-state index in [4.69, 9.17) is 9.63 Å². The minimum Gasteiger partial charge on any atom is -0.477 e. The van der Waals surface area contributed by atoms with Gasteiger partial charge in [0.15, 0.2) is 0 Å². The Labute approximate surface area is 91.5 Å². The summed E-state index contributed by atoms with van der Waals surface area (Å²) in [6.45, 7) is 3.56. The lowest BCUT2D eigenvalue weighted by molar-refractivity contribution is 0.0685. The van der Waals surface area contributed by atoms with Gasteiger partial charge >= 0.3 is 5.97 Å². The van der Waals surface area contributed by atoms with Gasteiger partial charge in [-0.15, -0.1) is 0 Å². The number of aryl methyl sites for hydroxylation is 3. The number of rotatable bonds is 2. The van der Waals surface area contributed by atoms with Crippen LogP contribution in [0.5, 0.6) is 0 Å². The molecule has 2 rings (SSSR count). The fraction of sp³-hybridized carbons (Fsp3) is 0.300. The summed E-state index contributed by atoms with van der Waals surface area (Å²) in [4.78, 5) is 10.9. The van der Waals surface area contributed by atoms with E-state index in [1.807, 2.05) is 0 Å². The van der Waals surface area contributed by atoms with E-state index in [1.165, 1.54) is 10.7 Å². The second-order valence-electron chi connectivity index (χ2n) is 3.54. The molecule has 0 aliphatic rings. The van der Waals surface area contributed by atoms with Gasteiger partial charge in [0.25, 0.3) is 0 Å². The molecule has 0 unspecified atom stereocenters. The van der Waals surface area contributed by atoms with Crippen LogP contribution in [0.15, 0.2) is 10.6 Å². The zero-order valence-electron chi connectivity index (χ0n) is 9.18. The summed E-state index contributed by atoms with van der Waals surface area (Å²) in [7, 11) is 1.59. The summed E-state index contributed by atoms with van der Waals surface area (Å²) in [6, 6.07) is 1.51. The van der Waals surface area contributed by atoms with Crippen molar-refractivity contribution in [3.8, 4) is 11.3 Å². The van der Waals surface area contributed by atoms with E-state index in [0.717, 1.165) is 5.56 Å². The van der Waals surface area contributed by atoms with Gasteiger partial charge < -0.3 is 9.63 Å². The minimum atomic E-state index is -1.01. The van der Waals surface area contributed by atoms with E-state index >= 15 is 0 Å². The number of carboxylic acid groups (broad SMARTS) is 1.